The highest BCUT2D eigenvalue weighted by Crippen LogP contribution is 2.39. The molecule has 0 aromatic heterocycles. The maximum absolute atomic E-state index is 12.3. The number of amides is 1. The van der Waals surface area contributed by atoms with E-state index in [2.05, 4.69) is 5.32 Å². The van der Waals surface area contributed by atoms with Gasteiger partial charge in [0.2, 0.25) is 5.91 Å². The van der Waals surface area contributed by atoms with E-state index >= 15 is 0 Å². The second kappa shape index (κ2) is 5.19. The van der Waals surface area contributed by atoms with Crippen molar-refractivity contribution in [3.63, 3.8) is 0 Å². The van der Waals surface area contributed by atoms with Gasteiger partial charge in [-0.05, 0) is 25.7 Å². The van der Waals surface area contributed by atoms with Crippen molar-refractivity contribution >= 4 is 5.91 Å². The predicted molar refractivity (Wildman–Crippen MR) is 50.1 cm³/mol. The van der Waals surface area contributed by atoms with Gasteiger partial charge in [0, 0.05) is 5.92 Å². The first-order valence-corrected chi connectivity index (χ1v) is 5.16. The van der Waals surface area contributed by atoms with E-state index in [1.54, 1.807) is 6.07 Å². The van der Waals surface area contributed by atoms with Crippen LogP contribution in [0.2, 0.25) is 0 Å². The highest BCUT2D eigenvalue weighted by molar-refractivity contribution is 5.78. The summed E-state index contributed by atoms with van der Waals surface area (Å²) >= 11 is 0. The van der Waals surface area contributed by atoms with Crippen molar-refractivity contribution in [3.8, 4) is 6.07 Å². The van der Waals surface area contributed by atoms with Gasteiger partial charge in [0.15, 0.2) is 0 Å². The SMILES string of the molecule is N#CCNC(=O)C1CCC(C(F)(F)F)CC1. The summed E-state index contributed by atoms with van der Waals surface area (Å²) in [5.74, 6) is -1.94. The highest BCUT2D eigenvalue weighted by Gasteiger charge is 2.42. The normalized spacial score (nSPS) is 25.9. The average molecular weight is 234 g/mol. The molecule has 0 heterocycles. The molecule has 1 saturated carbocycles. The van der Waals surface area contributed by atoms with Crippen molar-refractivity contribution in [3.05, 3.63) is 0 Å². The van der Waals surface area contributed by atoms with E-state index in [1.807, 2.05) is 0 Å². The minimum absolute atomic E-state index is 0.00808. The maximum atomic E-state index is 12.3. The van der Waals surface area contributed by atoms with Crippen LogP contribution in [0.5, 0.6) is 0 Å². The van der Waals surface area contributed by atoms with E-state index in [4.69, 9.17) is 5.26 Å². The van der Waals surface area contributed by atoms with E-state index < -0.39 is 12.1 Å². The smallest absolute Gasteiger partial charge is 0.343 e. The third kappa shape index (κ3) is 3.40. The van der Waals surface area contributed by atoms with Crippen LogP contribution in [0.1, 0.15) is 25.7 Å². The number of nitriles is 1. The first-order chi connectivity index (χ1) is 7.45. The number of halogens is 3. The lowest BCUT2D eigenvalue weighted by Crippen LogP contribution is -2.36. The number of hydrogen-bond acceptors (Lipinski definition) is 2. The standard InChI is InChI=1S/C10H13F3N2O/c11-10(12,13)8-3-1-7(2-4-8)9(16)15-6-5-14/h7-8H,1-4,6H2,(H,15,16). The third-order valence-corrected chi connectivity index (χ3v) is 2.90. The summed E-state index contributed by atoms with van der Waals surface area (Å²) in [4.78, 5) is 11.4. The molecule has 0 atom stereocenters. The molecular formula is C10H13F3N2O. The summed E-state index contributed by atoms with van der Waals surface area (Å²) in [7, 11) is 0. The Hall–Kier alpha value is -1.25. The molecule has 6 heteroatoms. The summed E-state index contributed by atoms with van der Waals surface area (Å²) in [6.07, 6.45) is -3.63. The Balaban J connectivity index is 2.38. The molecule has 0 aromatic carbocycles. The number of alkyl halides is 3. The molecular weight excluding hydrogens is 221 g/mol. The zero-order valence-electron chi connectivity index (χ0n) is 8.68. The lowest BCUT2D eigenvalue weighted by molar-refractivity contribution is -0.184. The summed E-state index contributed by atoms with van der Waals surface area (Å²) < 4.78 is 37.0. The number of carbonyl (C=O) groups excluding carboxylic acids is 1. The Bertz CT molecular complexity index is 287. The fourth-order valence-corrected chi connectivity index (χ4v) is 1.95. The van der Waals surface area contributed by atoms with Gasteiger partial charge in [-0.1, -0.05) is 0 Å². The van der Waals surface area contributed by atoms with Crippen LogP contribution in [0.3, 0.4) is 0 Å². The van der Waals surface area contributed by atoms with Gasteiger partial charge in [-0.15, -0.1) is 0 Å². The van der Waals surface area contributed by atoms with Crippen molar-refractivity contribution in [2.75, 3.05) is 6.54 Å². The molecule has 0 aliphatic heterocycles. The van der Waals surface area contributed by atoms with Crippen molar-refractivity contribution < 1.29 is 18.0 Å². The van der Waals surface area contributed by atoms with Gasteiger partial charge in [-0.25, -0.2) is 0 Å². The van der Waals surface area contributed by atoms with Gasteiger partial charge in [-0.2, -0.15) is 18.4 Å². The highest BCUT2D eigenvalue weighted by atomic mass is 19.4. The van der Waals surface area contributed by atoms with Crippen molar-refractivity contribution in [1.29, 1.82) is 5.26 Å². The van der Waals surface area contributed by atoms with E-state index in [1.165, 1.54) is 0 Å². The van der Waals surface area contributed by atoms with E-state index in [-0.39, 0.29) is 44.1 Å². The minimum atomic E-state index is -4.14. The Morgan fingerprint density at radius 2 is 1.88 bits per heavy atom. The summed E-state index contributed by atoms with van der Waals surface area (Å²) in [5, 5.41) is 10.6. The molecule has 1 N–H and O–H groups in total. The molecule has 1 amide bonds. The summed E-state index contributed by atoms with van der Waals surface area (Å²) in [6, 6.07) is 1.76. The molecule has 0 spiro atoms. The molecule has 1 aliphatic rings. The van der Waals surface area contributed by atoms with E-state index in [0.717, 1.165) is 0 Å². The molecule has 0 radical (unpaired) electrons. The van der Waals surface area contributed by atoms with Crippen LogP contribution in [0.4, 0.5) is 13.2 Å². The van der Waals surface area contributed by atoms with Gasteiger partial charge < -0.3 is 5.32 Å². The van der Waals surface area contributed by atoms with Crippen molar-refractivity contribution in [2.45, 2.75) is 31.9 Å². The van der Waals surface area contributed by atoms with Crippen LogP contribution in [0, 0.1) is 23.2 Å². The molecule has 90 valence electrons. The van der Waals surface area contributed by atoms with Crippen molar-refractivity contribution in [1.82, 2.24) is 5.32 Å². The van der Waals surface area contributed by atoms with Crippen LogP contribution < -0.4 is 5.32 Å². The Kier molecular flexibility index (Phi) is 4.16. The van der Waals surface area contributed by atoms with Crippen LogP contribution in [-0.4, -0.2) is 18.6 Å². The monoisotopic (exact) mass is 234 g/mol. The van der Waals surface area contributed by atoms with Crippen LogP contribution in [-0.2, 0) is 4.79 Å². The number of nitrogens with one attached hydrogen (secondary N) is 1. The number of nitrogens with zero attached hydrogens (tertiary/aromatic N) is 1. The van der Waals surface area contributed by atoms with Gasteiger partial charge in [0.25, 0.3) is 0 Å². The molecule has 1 aliphatic carbocycles. The number of hydrogen-bond donors (Lipinski definition) is 1. The first-order valence-electron chi connectivity index (χ1n) is 5.16. The minimum Gasteiger partial charge on any atom is -0.343 e. The first kappa shape index (κ1) is 12.8. The van der Waals surface area contributed by atoms with Crippen LogP contribution in [0.25, 0.3) is 0 Å². The van der Waals surface area contributed by atoms with Gasteiger partial charge in [0.1, 0.15) is 6.54 Å². The van der Waals surface area contributed by atoms with Crippen molar-refractivity contribution in [2.24, 2.45) is 11.8 Å². The molecule has 0 bridgehead atoms. The average Bonchev–Trinajstić information content (AvgIpc) is 2.25. The summed E-state index contributed by atoms with van der Waals surface area (Å²) in [5.41, 5.74) is 0. The van der Waals surface area contributed by atoms with Crippen LogP contribution in [0.15, 0.2) is 0 Å². The topological polar surface area (TPSA) is 52.9 Å². The van der Waals surface area contributed by atoms with Gasteiger partial charge >= 0.3 is 6.18 Å². The zero-order chi connectivity index (χ0) is 12.2. The third-order valence-electron chi connectivity index (χ3n) is 2.90. The van der Waals surface area contributed by atoms with Crippen LogP contribution >= 0.6 is 0 Å². The molecule has 0 aromatic rings. The molecule has 0 saturated heterocycles. The van der Waals surface area contributed by atoms with Gasteiger partial charge in [-0.3, -0.25) is 4.79 Å². The Labute approximate surface area is 91.6 Å². The molecule has 16 heavy (non-hydrogen) atoms. The Morgan fingerprint density at radius 3 is 2.31 bits per heavy atom. The maximum Gasteiger partial charge on any atom is 0.391 e. The second-order valence-electron chi connectivity index (χ2n) is 3.97. The lowest BCUT2D eigenvalue weighted by Gasteiger charge is -2.28. The fourth-order valence-electron chi connectivity index (χ4n) is 1.95. The summed E-state index contributed by atoms with van der Waals surface area (Å²) in [6.45, 7) is -0.0853. The molecule has 1 rings (SSSR count). The van der Waals surface area contributed by atoms with Gasteiger partial charge in [0.05, 0.1) is 12.0 Å². The predicted octanol–water partition coefficient (Wildman–Crippen LogP) is 1.99. The second-order valence-corrected chi connectivity index (χ2v) is 3.97. The molecule has 1 fully saturated rings. The number of rotatable bonds is 2. The molecule has 3 nitrogen and oxygen atoms in total. The molecule has 0 unspecified atom stereocenters. The quantitative estimate of drug-likeness (QED) is 0.743. The largest absolute Gasteiger partial charge is 0.391 e. The number of carbonyl (C=O) groups is 1. The Morgan fingerprint density at radius 1 is 1.31 bits per heavy atom. The lowest BCUT2D eigenvalue weighted by atomic mass is 9.81. The zero-order valence-corrected chi connectivity index (χ0v) is 8.68. The fraction of sp³-hybridized carbons (Fsp3) is 0.800. The van der Waals surface area contributed by atoms with E-state index in [9.17, 15) is 18.0 Å². The van der Waals surface area contributed by atoms with E-state index in [0.29, 0.717) is 0 Å².